The zero-order chi connectivity index (χ0) is 13.1. The van der Waals surface area contributed by atoms with Crippen LogP contribution in [0, 0.1) is 0 Å². The summed E-state index contributed by atoms with van der Waals surface area (Å²) in [5, 5.41) is 16.1. The number of rotatable bonds is 4. The molecule has 0 aliphatic heterocycles. The first-order chi connectivity index (χ1) is 9.33. The summed E-state index contributed by atoms with van der Waals surface area (Å²) in [6.45, 7) is 0.616. The number of hydrogen-bond donors (Lipinski definition) is 2. The van der Waals surface area contributed by atoms with Gasteiger partial charge in [0.15, 0.2) is 0 Å². The van der Waals surface area contributed by atoms with Gasteiger partial charge in [-0.05, 0) is 35.2 Å². The van der Waals surface area contributed by atoms with Crippen LogP contribution in [0.15, 0.2) is 54.6 Å². The highest BCUT2D eigenvalue weighted by Crippen LogP contribution is 2.20. The number of benzene rings is 2. The number of nitrogens with one attached hydrogen (secondary N) is 1. The summed E-state index contributed by atoms with van der Waals surface area (Å²) in [5.41, 5.74) is 0.983. The molecule has 2 aromatic carbocycles. The maximum atomic E-state index is 10.3. The Morgan fingerprint density at radius 2 is 1.79 bits per heavy atom. The normalized spacial score (nSPS) is 17.1. The van der Waals surface area contributed by atoms with Gasteiger partial charge in [0, 0.05) is 12.6 Å². The molecule has 0 heterocycles. The second-order valence-corrected chi connectivity index (χ2v) is 5.17. The lowest BCUT2D eigenvalue weighted by molar-refractivity contribution is 0.170. The summed E-state index contributed by atoms with van der Waals surface area (Å²) in [5.74, 6) is 0. The lowest BCUT2D eigenvalue weighted by atomic mass is 10.0. The van der Waals surface area contributed by atoms with Gasteiger partial charge in [0.1, 0.15) is 0 Å². The van der Waals surface area contributed by atoms with Crippen molar-refractivity contribution in [2.24, 2.45) is 0 Å². The average molecular weight is 253 g/mol. The van der Waals surface area contributed by atoms with Crippen molar-refractivity contribution in [2.75, 3.05) is 6.54 Å². The Morgan fingerprint density at radius 3 is 2.58 bits per heavy atom. The summed E-state index contributed by atoms with van der Waals surface area (Å²) >= 11 is 0. The minimum Gasteiger partial charge on any atom is -0.387 e. The first-order valence-corrected chi connectivity index (χ1v) is 6.88. The van der Waals surface area contributed by atoms with E-state index in [2.05, 4.69) is 41.7 Å². The molecule has 1 aliphatic rings. The van der Waals surface area contributed by atoms with E-state index in [0.717, 1.165) is 18.4 Å². The lowest BCUT2D eigenvalue weighted by Crippen LogP contribution is -2.30. The van der Waals surface area contributed by atoms with Gasteiger partial charge in [-0.1, -0.05) is 48.6 Å². The molecule has 0 fully saturated rings. The Hall–Kier alpha value is -1.64. The van der Waals surface area contributed by atoms with Gasteiger partial charge in [-0.3, -0.25) is 0 Å². The van der Waals surface area contributed by atoms with Crippen molar-refractivity contribution >= 4 is 10.8 Å². The number of aliphatic hydroxyl groups is 1. The maximum absolute atomic E-state index is 10.3. The van der Waals surface area contributed by atoms with Crippen molar-refractivity contribution in [3.05, 3.63) is 60.2 Å². The highest BCUT2D eigenvalue weighted by Gasteiger charge is 2.13. The SMILES string of the molecule is OC(CNC1CC=CC1)c1ccc2ccccc2c1. The predicted octanol–water partition coefficient (Wildman–Crippen LogP) is 3.18. The van der Waals surface area contributed by atoms with Crippen LogP contribution in [-0.2, 0) is 0 Å². The fraction of sp³-hybridized carbons (Fsp3) is 0.294. The molecule has 2 nitrogen and oxygen atoms in total. The van der Waals surface area contributed by atoms with Gasteiger partial charge in [0.25, 0.3) is 0 Å². The Labute approximate surface area is 113 Å². The van der Waals surface area contributed by atoms with E-state index in [1.165, 1.54) is 10.8 Å². The van der Waals surface area contributed by atoms with Gasteiger partial charge >= 0.3 is 0 Å². The van der Waals surface area contributed by atoms with Crippen molar-refractivity contribution < 1.29 is 5.11 Å². The van der Waals surface area contributed by atoms with Crippen LogP contribution in [0.1, 0.15) is 24.5 Å². The van der Waals surface area contributed by atoms with Crippen molar-refractivity contribution in [1.29, 1.82) is 0 Å². The van der Waals surface area contributed by atoms with Crippen LogP contribution in [0.4, 0.5) is 0 Å². The van der Waals surface area contributed by atoms with Gasteiger partial charge < -0.3 is 10.4 Å². The topological polar surface area (TPSA) is 32.3 Å². The van der Waals surface area contributed by atoms with Crippen LogP contribution in [0.2, 0.25) is 0 Å². The standard InChI is InChI=1S/C17H19NO/c19-17(12-18-16-7-3-4-8-16)15-10-9-13-5-1-2-6-14(13)11-15/h1-6,9-11,16-19H,7-8,12H2. The van der Waals surface area contributed by atoms with Gasteiger partial charge in [0.05, 0.1) is 6.10 Å². The summed E-state index contributed by atoms with van der Waals surface area (Å²) < 4.78 is 0. The maximum Gasteiger partial charge on any atom is 0.0914 e. The van der Waals surface area contributed by atoms with Gasteiger partial charge in [-0.15, -0.1) is 0 Å². The summed E-state index contributed by atoms with van der Waals surface area (Å²) in [6.07, 6.45) is 6.10. The summed E-state index contributed by atoms with van der Waals surface area (Å²) in [7, 11) is 0. The fourth-order valence-electron chi connectivity index (χ4n) is 2.60. The molecule has 3 rings (SSSR count). The molecule has 2 N–H and O–H groups in total. The molecule has 1 atom stereocenters. The third kappa shape index (κ3) is 2.86. The van der Waals surface area contributed by atoms with Crippen LogP contribution in [0.25, 0.3) is 10.8 Å². The zero-order valence-electron chi connectivity index (χ0n) is 10.9. The Morgan fingerprint density at radius 1 is 1.05 bits per heavy atom. The fourth-order valence-corrected chi connectivity index (χ4v) is 2.60. The summed E-state index contributed by atoms with van der Waals surface area (Å²) in [4.78, 5) is 0. The minimum atomic E-state index is -0.440. The Kier molecular flexibility index (Phi) is 3.62. The largest absolute Gasteiger partial charge is 0.387 e. The Bertz CT molecular complexity index is 583. The van der Waals surface area contributed by atoms with Gasteiger partial charge in [0.2, 0.25) is 0 Å². The molecule has 0 bridgehead atoms. The van der Waals surface area contributed by atoms with Crippen LogP contribution < -0.4 is 5.32 Å². The minimum absolute atomic E-state index is 0.440. The molecule has 1 aliphatic carbocycles. The van der Waals surface area contributed by atoms with Crippen molar-refractivity contribution in [2.45, 2.75) is 25.0 Å². The quantitative estimate of drug-likeness (QED) is 0.820. The molecule has 98 valence electrons. The molecular formula is C17H19NO. The molecular weight excluding hydrogens is 234 g/mol. The lowest BCUT2D eigenvalue weighted by Gasteiger charge is -2.17. The second kappa shape index (κ2) is 5.55. The van der Waals surface area contributed by atoms with Gasteiger partial charge in [-0.2, -0.15) is 0 Å². The van der Waals surface area contributed by atoms with E-state index in [0.29, 0.717) is 12.6 Å². The van der Waals surface area contributed by atoms with Crippen LogP contribution >= 0.6 is 0 Å². The molecule has 0 saturated heterocycles. The smallest absolute Gasteiger partial charge is 0.0914 e. The molecule has 1 unspecified atom stereocenters. The van der Waals surface area contributed by atoms with Crippen molar-refractivity contribution in [3.8, 4) is 0 Å². The number of aliphatic hydroxyl groups excluding tert-OH is 1. The molecule has 2 heteroatoms. The third-order valence-electron chi connectivity index (χ3n) is 3.77. The van der Waals surface area contributed by atoms with E-state index in [1.54, 1.807) is 0 Å². The zero-order valence-corrected chi connectivity index (χ0v) is 10.9. The van der Waals surface area contributed by atoms with Crippen molar-refractivity contribution in [1.82, 2.24) is 5.32 Å². The van der Waals surface area contributed by atoms with Gasteiger partial charge in [-0.25, -0.2) is 0 Å². The number of hydrogen-bond acceptors (Lipinski definition) is 2. The van der Waals surface area contributed by atoms with Crippen LogP contribution in [0.5, 0.6) is 0 Å². The first kappa shape index (κ1) is 12.4. The van der Waals surface area contributed by atoms with E-state index in [1.807, 2.05) is 18.2 Å². The molecule has 0 radical (unpaired) electrons. The Balaban J connectivity index is 1.68. The number of fused-ring (bicyclic) bond motifs is 1. The average Bonchev–Trinajstić information content (AvgIpc) is 2.97. The monoisotopic (exact) mass is 253 g/mol. The van der Waals surface area contributed by atoms with E-state index < -0.39 is 6.10 Å². The van der Waals surface area contributed by atoms with Crippen LogP contribution in [0.3, 0.4) is 0 Å². The predicted molar refractivity (Wildman–Crippen MR) is 79.1 cm³/mol. The van der Waals surface area contributed by atoms with Crippen molar-refractivity contribution in [3.63, 3.8) is 0 Å². The molecule has 0 aromatic heterocycles. The van der Waals surface area contributed by atoms with E-state index in [4.69, 9.17) is 0 Å². The van der Waals surface area contributed by atoms with E-state index >= 15 is 0 Å². The van der Waals surface area contributed by atoms with E-state index in [-0.39, 0.29) is 0 Å². The molecule has 19 heavy (non-hydrogen) atoms. The highest BCUT2D eigenvalue weighted by atomic mass is 16.3. The molecule has 0 amide bonds. The third-order valence-corrected chi connectivity index (χ3v) is 3.77. The van der Waals surface area contributed by atoms with Crippen LogP contribution in [-0.4, -0.2) is 17.7 Å². The highest BCUT2D eigenvalue weighted by molar-refractivity contribution is 5.83. The summed E-state index contributed by atoms with van der Waals surface area (Å²) in [6, 6.07) is 14.9. The second-order valence-electron chi connectivity index (χ2n) is 5.17. The molecule has 0 saturated carbocycles. The molecule has 0 spiro atoms. The first-order valence-electron chi connectivity index (χ1n) is 6.88. The molecule has 2 aromatic rings. The van der Waals surface area contributed by atoms with E-state index in [9.17, 15) is 5.11 Å².